The minimum Gasteiger partial charge on any atom is -0.497 e. The summed E-state index contributed by atoms with van der Waals surface area (Å²) in [7, 11) is 1.48. The number of aliphatic imine (C=N–C) groups is 1. The molecule has 0 aliphatic carbocycles. The van der Waals surface area contributed by atoms with Crippen molar-refractivity contribution in [2.45, 2.75) is 18.0 Å². The molecule has 30 heavy (non-hydrogen) atoms. The quantitative estimate of drug-likeness (QED) is 0.490. The van der Waals surface area contributed by atoms with Crippen LogP contribution in [-0.4, -0.2) is 19.5 Å². The lowest BCUT2D eigenvalue weighted by Gasteiger charge is -2.35. The van der Waals surface area contributed by atoms with E-state index in [1.165, 1.54) is 31.4 Å². The largest absolute Gasteiger partial charge is 0.497 e. The Bertz CT molecular complexity index is 1140. The number of halogens is 3. The van der Waals surface area contributed by atoms with Crippen LogP contribution < -0.4 is 4.74 Å². The number of fused-ring (bicyclic) bond motifs is 1. The summed E-state index contributed by atoms with van der Waals surface area (Å²) in [5.41, 5.74) is 0.485. The molecule has 1 heterocycles. The van der Waals surface area contributed by atoms with E-state index in [-0.39, 0.29) is 12.0 Å². The Morgan fingerprint density at radius 2 is 1.60 bits per heavy atom. The van der Waals surface area contributed by atoms with Crippen molar-refractivity contribution in [1.82, 2.24) is 0 Å². The number of hydrogen-bond acceptors (Lipinski definition) is 2. The van der Waals surface area contributed by atoms with Gasteiger partial charge in [-0.2, -0.15) is 13.2 Å². The smallest absolute Gasteiger partial charge is 0.403 e. The summed E-state index contributed by atoms with van der Waals surface area (Å²) in [5.74, 6) is 6.57. The van der Waals surface area contributed by atoms with Crippen LogP contribution in [0, 0.1) is 11.8 Å². The molecule has 5 heteroatoms. The van der Waals surface area contributed by atoms with Gasteiger partial charge in [0.1, 0.15) is 11.2 Å². The molecule has 0 fully saturated rings. The monoisotopic (exact) mass is 405 g/mol. The second-order valence-corrected chi connectivity index (χ2v) is 7.09. The van der Waals surface area contributed by atoms with E-state index in [4.69, 9.17) is 4.74 Å². The predicted molar refractivity (Wildman–Crippen MR) is 111 cm³/mol. The van der Waals surface area contributed by atoms with Crippen molar-refractivity contribution in [3.63, 3.8) is 0 Å². The predicted octanol–water partition coefficient (Wildman–Crippen LogP) is 5.85. The molecule has 3 aromatic carbocycles. The van der Waals surface area contributed by atoms with Gasteiger partial charge in [-0.1, -0.05) is 42.2 Å². The molecule has 1 aliphatic rings. The highest BCUT2D eigenvalue weighted by atomic mass is 19.4. The molecular weight excluding hydrogens is 387 g/mol. The van der Waals surface area contributed by atoms with Crippen molar-refractivity contribution in [1.29, 1.82) is 0 Å². The second-order valence-electron chi connectivity index (χ2n) is 7.09. The molecule has 0 N–H and O–H groups in total. The first-order chi connectivity index (χ1) is 14.4. The maximum atomic E-state index is 14.3. The highest BCUT2D eigenvalue weighted by molar-refractivity contribution is 5.82. The van der Waals surface area contributed by atoms with Gasteiger partial charge in [0.05, 0.1) is 12.8 Å². The van der Waals surface area contributed by atoms with E-state index < -0.39 is 11.6 Å². The number of nitrogens with zero attached hydrogens (tertiary/aromatic N) is 1. The SMILES string of the molecule is COc1ccc([C@@]2(C(F)(F)F)C=Nc3ccc(C#Cc4ccccc4)cc3C2)cc1. The Labute approximate surface area is 173 Å². The topological polar surface area (TPSA) is 21.6 Å². The number of benzene rings is 3. The van der Waals surface area contributed by atoms with E-state index in [2.05, 4.69) is 16.8 Å². The Hall–Kier alpha value is -3.52. The van der Waals surface area contributed by atoms with Crippen molar-refractivity contribution in [2.24, 2.45) is 4.99 Å². The van der Waals surface area contributed by atoms with Crippen LogP contribution in [0.5, 0.6) is 5.75 Å². The van der Waals surface area contributed by atoms with E-state index in [0.717, 1.165) is 11.8 Å². The lowest BCUT2D eigenvalue weighted by Crippen LogP contribution is -2.47. The molecule has 2 nitrogen and oxygen atoms in total. The molecule has 4 rings (SSSR count). The van der Waals surface area contributed by atoms with Crippen molar-refractivity contribution < 1.29 is 17.9 Å². The number of hydrogen-bond donors (Lipinski definition) is 0. The summed E-state index contributed by atoms with van der Waals surface area (Å²) >= 11 is 0. The van der Waals surface area contributed by atoms with Crippen LogP contribution in [-0.2, 0) is 11.8 Å². The maximum Gasteiger partial charge on any atom is 0.403 e. The molecule has 1 aliphatic heterocycles. The summed E-state index contributed by atoms with van der Waals surface area (Å²) in [6.45, 7) is 0. The summed E-state index contributed by atoms with van der Waals surface area (Å²) < 4.78 is 47.9. The number of alkyl halides is 3. The fourth-order valence-electron chi connectivity index (χ4n) is 3.52. The van der Waals surface area contributed by atoms with Gasteiger partial charge in [-0.15, -0.1) is 0 Å². The molecular formula is C25H18F3NO. The first-order valence-corrected chi connectivity index (χ1v) is 9.38. The van der Waals surface area contributed by atoms with Gasteiger partial charge in [-0.05, 0) is 60.0 Å². The van der Waals surface area contributed by atoms with Crippen LogP contribution in [0.2, 0.25) is 0 Å². The van der Waals surface area contributed by atoms with Gasteiger partial charge in [0, 0.05) is 17.3 Å². The number of ether oxygens (including phenoxy) is 1. The Kier molecular flexibility index (Phi) is 5.09. The first kappa shape index (κ1) is 19.8. The van der Waals surface area contributed by atoms with E-state index in [1.807, 2.05) is 30.3 Å². The Morgan fingerprint density at radius 1 is 0.900 bits per heavy atom. The molecule has 3 aromatic rings. The van der Waals surface area contributed by atoms with Gasteiger partial charge >= 0.3 is 6.18 Å². The van der Waals surface area contributed by atoms with Gasteiger partial charge in [0.15, 0.2) is 0 Å². The fraction of sp³-hybridized carbons (Fsp3) is 0.160. The van der Waals surface area contributed by atoms with Gasteiger partial charge in [-0.25, -0.2) is 0 Å². The van der Waals surface area contributed by atoms with Crippen LogP contribution in [0.15, 0.2) is 77.8 Å². The molecule has 0 spiro atoms. The highest BCUT2D eigenvalue weighted by Crippen LogP contribution is 2.46. The molecule has 0 bridgehead atoms. The van der Waals surface area contributed by atoms with Crippen LogP contribution in [0.25, 0.3) is 0 Å². The van der Waals surface area contributed by atoms with Crippen molar-refractivity contribution >= 4 is 11.9 Å². The first-order valence-electron chi connectivity index (χ1n) is 9.38. The zero-order valence-electron chi connectivity index (χ0n) is 16.2. The minimum absolute atomic E-state index is 0.131. The number of rotatable bonds is 2. The maximum absolute atomic E-state index is 14.3. The standard InChI is InChI=1S/C25H18F3NO/c1-30-22-12-10-21(11-13-22)24(25(26,27)28)16-20-15-19(9-14-23(20)29-17-24)8-7-18-5-3-2-4-6-18/h2-6,9-15,17H,16H2,1H3/t24-/m0/s1. The van der Waals surface area contributed by atoms with Crippen LogP contribution in [0.3, 0.4) is 0 Å². The third-order valence-electron chi connectivity index (χ3n) is 5.21. The van der Waals surface area contributed by atoms with Crippen LogP contribution >= 0.6 is 0 Å². The summed E-state index contributed by atoms with van der Waals surface area (Å²) in [4.78, 5) is 4.17. The van der Waals surface area contributed by atoms with Crippen molar-refractivity contribution in [3.8, 4) is 17.6 Å². The van der Waals surface area contributed by atoms with Gasteiger partial charge in [-0.3, -0.25) is 4.99 Å². The average molecular weight is 405 g/mol. The zero-order chi connectivity index (χ0) is 21.2. The van der Waals surface area contributed by atoms with E-state index in [9.17, 15) is 13.2 Å². The number of methoxy groups -OCH3 is 1. The third-order valence-corrected chi connectivity index (χ3v) is 5.21. The van der Waals surface area contributed by atoms with E-state index >= 15 is 0 Å². The van der Waals surface area contributed by atoms with E-state index in [1.54, 1.807) is 18.2 Å². The lowest BCUT2D eigenvalue weighted by atomic mass is 9.74. The summed E-state index contributed by atoms with van der Waals surface area (Å²) in [6, 6.07) is 20.6. The second kappa shape index (κ2) is 7.72. The van der Waals surface area contributed by atoms with Gasteiger partial charge < -0.3 is 4.74 Å². The van der Waals surface area contributed by atoms with Crippen molar-refractivity contribution in [2.75, 3.05) is 7.11 Å². The fourth-order valence-corrected chi connectivity index (χ4v) is 3.52. The Balaban J connectivity index is 1.73. The molecule has 0 amide bonds. The average Bonchev–Trinajstić information content (AvgIpc) is 2.77. The van der Waals surface area contributed by atoms with Gasteiger partial charge in [0.25, 0.3) is 0 Å². The van der Waals surface area contributed by atoms with Gasteiger partial charge in [0.2, 0.25) is 0 Å². The normalized spacial score (nSPS) is 17.6. The molecule has 0 aromatic heterocycles. The molecule has 0 unspecified atom stereocenters. The molecule has 1 atom stereocenters. The Morgan fingerprint density at radius 3 is 2.27 bits per heavy atom. The molecule has 150 valence electrons. The van der Waals surface area contributed by atoms with Crippen LogP contribution in [0.1, 0.15) is 22.3 Å². The highest BCUT2D eigenvalue weighted by Gasteiger charge is 2.56. The summed E-state index contributed by atoms with van der Waals surface area (Å²) in [6.07, 6.45) is -3.72. The van der Waals surface area contributed by atoms with Crippen molar-refractivity contribution in [3.05, 3.63) is 95.1 Å². The lowest BCUT2D eigenvalue weighted by molar-refractivity contribution is -0.168. The zero-order valence-corrected chi connectivity index (χ0v) is 16.2. The molecule has 0 saturated carbocycles. The van der Waals surface area contributed by atoms with Crippen LogP contribution in [0.4, 0.5) is 18.9 Å². The molecule has 0 saturated heterocycles. The molecule has 0 radical (unpaired) electrons. The third kappa shape index (κ3) is 3.69. The minimum atomic E-state index is -4.51. The summed E-state index contributed by atoms with van der Waals surface area (Å²) in [5, 5.41) is 0. The van der Waals surface area contributed by atoms with E-state index in [0.29, 0.717) is 22.6 Å².